The molecule has 1 saturated heterocycles. The van der Waals surface area contributed by atoms with E-state index in [1.54, 1.807) is 23.0 Å². The van der Waals surface area contributed by atoms with E-state index < -0.39 is 11.7 Å². The topological polar surface area (TPSA) is 91.8 Å². The Kier molecular flexibility index (Phi) is 5.39. The number of carbonyl (C=O) groups is 1. The number of imidazole rings is 1. The summed E-state index contributed by atoms with van der Waals surface area (Å²) in [6, 6.07) is 12.4. The molecule has 2 aromatic carbocycles. The number of likely N-dealkylation sites (N-methyl/N-ethyl adjacent to an activating group) is 1. The molecule has 3 N–H and O–H groups in total. The molecular formula is C24H24FN7O. The van der Waals surface area contributed by atoms with Crippen LogP contribution in [0.5, 0.6) is 0 Å². The Bertz CT molecular complexity index is 1310. The molecule has 0 bridgehead atoms. The van der Waals surface area contributed by atoms with Gasteiger partial charge in [0.2, 0.25) is 5.91 Å². The lowest BCUT2D eigenvalue weighted by atomic mass is 10.1. The van der Waals surface area contributed by atoms with E-state index in [0.29, 0.717) is 22.7 Å². The van der Waals surface area contributed by atoms with E-state index in [-0.39, 0.29) is 5.56 Å². The molecular weight excluding hydrogens is 421 g/mol. The van der Waals surface area contributed by atoms with E-state index in [1.807, 2.05) is 12.1 Å². The summed E-state index contributed by atoms with van der Waals surface area (Å²) in [6.07, 6.45) is 4.96. The van der Waals surface area contributed by atoms with Crippen molar-refractivity contribution in [1.82, 2.24) is 19.3 Å². The van der Waals surface area contributed by atoms with Crippen LogP contribution in [0.25, 0.3) is 16.9 Å². The molecule has 8 nitrogen and oxygen atoms in total. The second-order valence-electron chi connectivity index (χ2n) is 8.13. The van der Waals surface area contributed by atoms with Gasteiger partial charge in [-0.15, -0.1) is 0 Å². The summed E-state index contributed by atoms with van der Waals surface area (Å²) >= 11 is 0. The van der Waals surface area contributed by atoms with Gasteiger partial charge in [0, 0.05) is 61.1 Å². The van der Waals surface area contributed by atoms with E-state index >= 15 is 0 Å². The zero-order valence-electron chi connectivity index (χ0n) is 18.2. The highest BCUT2D eigenvalue weighted by atomic mass is 19.1. The van der Waals surface area contributed by atoms with Crippen molar-refractivity contribution in [3.8, 4) is 11.3 Å². The van der Waals surface area contributed by atoms with Crippen LogP contribution >= 0.6 is 0 Å². The molecule has 1 aliphatic rings. The number of nitrogens with zero attached hydrogens (tertiary/aromatic N) is 5. The van der Waals surface area contributed by atoms with Crippen LogP contribution in [0.3, 0.4) is 0 Å². The number of hydrogen-bond acceptors (Lipinski definition) is 6. The fourth-order valence-corrected chi connectivity index (χ4v) is 4.04. The lowest BCUT2D eigenvalue weighted by Gasteiger charge is -2.34. The smallest absolute Gasteiger partial charge is 0.248 e. The standard InChI is InChI=1S/C24H24FN7O/c1-30-10-12-31(13-11-30)18-5-3-17(4-6-18)29-23-24-27-8-9-32(24)21(15-28-23)19-7-2-16(22(26)33)14-20(19)25/h2-9,14-15H,10-13H2,1H3,(H2,26,33)(H,28,29). The van der Waals surface area contributed by atoms with Gasteiger partial charge in [0.25, 0.3) is 0 Å². The Balaban J connectivity index is 1.41. The molecule has 1 aliphatic heterocycles. The third-order valence-corrected chi connectivity index (χ3v) is 5.96. The third-order valence-electron chi connectivity index (χ3n) is 5.96. The first-order chi connectivity index (χ1) is 16.0. The molecule has 2 aromatic heterocycles. The maximum absolute atomic E-state index is 14.7. The number of hydrogen-bond donors (Lipinski definition) is 2. The van der Waals surface area contributed by atoms with Crippen molar-refractivity contribution in [3.63, 3.8) is 0 Å². The lowest BCUT2D eigenvalue weighted by Crippen LogP contribution is -2.44. The molecule has 3 heterocycles. The summed E-state index contributed by atoms with van der Waals surface area (Å²) in [4.78, 5) is 24.9. The quantitative estimate of drug-likeness (QED) is 0.490. The van der Waals surface area contributed by atoms with Crippen molar-refractivity contribution < 1.29 is 9.18 Å². The first-order valence-electron chi connectivity index (χ1n) is 10.7. The molecule has 0 spiro atoms. The Hall–Kier alpha value is -3.98. The minimum absolute atomic E-state index is 0.115. The summed E-state index contributed by atoms with van der Waals surface area (Å²) in [5.74, 6) is -0.668. The number of nitrogens with two attached hydrogens (primary N) is 1. The van der Waals surface area contributed by atoms with Crippen LogP contribution in [0.15, 0.2) is 61.1 Å². The zero-order valence-corrected chi connectivity index (χ0v) is 18.2. The van der Waals surface area contributed by atoms with Gasteiger partial charge in [-0.05, 0) is 49.5 Å². The van der Waals surface area contributed by atoms with Gasteiger partial charge in [-0.25, -0.2) is 14.4 Å². The van der Waals surface area contributed by atoms with Gasteiger partial charge in [-0.3, -0.25) is 9.20 Å². The van der Waals surface area contributed by atoms with Gasteiger partial charge in [0.15, 0.2) is 11.5 Å². The summed E-state index contributed by atoms with van der Waals surface area (Å²) in [6.45, 7) is 4.13. The molecule has 0 radical (unpaired) electrons. The van der Waals surface area contributed by atoms with Crippen LogP contribution in [0.1, 0.15) is 10.4 Å². The van der Waals surface area contributed by atoms with Crippen molar-refractivity contribution in [2.45, 2.75) is 0 Å². The number of primary amides is 1. The molecule has 0 aliphatic carbocycles. The fourth-order valence-electron chi connectivity index (χ4n) is 4.04. The van der Waals surface area contributed by atoms with Gasteiger partial charge < -0.3 is 20.9 Å². The number of anilines is 3. The van der Waals surface area contributed by atoms with Crippen molar-refractivity contribution in [1.29, 1.82) is 0 Å². The van der Waals surface area contributed by atoms with Gasteiger partial charge in [-0.1, -0.05) is 0 Å². The number of nitrogens with one attached hydrogen (secondary N) is 1. The Morgan fingerprint density at radius 3 is 2.52 bits per heavy atom. The van der Waals surface area contributed by atoms with Crippen molar-refractivity contribution >= 4 is 28.7 Å². The van der Waals surface area contributed by atoms with Crippen molar-refractivity contribution in [2.24, 2.45) is 5.73 Å². The second-order valence-corrected chi connectivity index (χ2v) is 8.13. The van der Waals surface area contributed by atoms with Crippen LogP contribution in [-0.4, -0.2) is 58.4 Å². The number of piperazine rings is 1. The molecule has 5 rings (SSSR count). The predicted molar refractivity (Wildman–Crippen MR) is 126 cm³/mol. The van der Waals surface area contributed by atoms with Gasteiger partial charge in [0.1, 0.15) is 5.82 Å². The second kappa shape index (κ2) is 8.51. The Labute approximate surface area is 190 Å². The summed E-state index contributed by atoms with van der Waals surface area (Å²) in [5, 5.41) is 3.31. The maximum Gasteiger partial charge on any atom is 0.248 e. The van der Waals surface area contributed by atoms with Crippen LogP contribution in [0, 0.1) is 5.82 Å². The monoisotopic (exact) mass is 445 g/mol. The highest BCUT2D eigenvalue weighted by molar-refractivity contribution is 5.93. The molecule has 1 fully saturated rings. The molecule has 0 unspecified atom stereocenters. The van der Waals surface area contributed by atoms with Gasteiger partial charge in [0.05, 0.1) is 11.9 Å². The minimum atomic E-state index is -0.676. The first kappa shape index (κ1) is 20.9. The maximum atomic E-state index is 14.7. The average Bonchev–Trinajstić information content (AvgIpc) is 3.31. The highest BCUT2D eigenvalue weighted by Gasteiger charge is 2.16. The van der Waals surface area contributed by atoms with Crippen molar-refractivity contribution in [2.75, 3.05) is 43.4 Å². The van der Waals surface area contributed by atoms with Crippen LogP contribution < -0.4 is 16.0 Å². The van der Waals surface area contributed by atoms with Crippen LogP contribution in [0.2, 0.25) is 0 Å². The highest BCUT2D eigenvalue weighted by Crippen LogP contribution is 2.28. The number of rotatable bonds is 5. The van der Waals surface area contributed by atoms with E-state index in [9.17, 15) is 9.18 Å². The molecule has 4 aromatic rings. The van der Waals surface area contributed by atoms with Gasteiger partial charge in [-0.2, -0.15) is 0 Å². The molecule has 9 heteroatoms. The fraction of sp³-hybridized carbons (Fsp3) is 0.208. The summed E-state index contributed by atoms with van der Waals surface area (Å²) < 4.78 is 16.5. The number of benzene rings is 2. The normalized spacial score (nSPS) is 14.5. The third kappa shape index (κ3) is 4.10. The molecule has 0 atom stereocenters. The average molecular weight is 446 g/mol. The van der Waals surface area contributed by atoms with E-state index in [1.165, 1.54) is 17.8 Å². The van der Waals surface area contributed by atoms with E-state index in [2.05, 4.69) is 44.3 Å². The lowest BCUT2D eigenvalue weighted by molar-refractivity contribution is 0.1000. The summed E-state index contributed by atoms with van der Waals surface area (Å²) in [5.41, 5.74) is 8.83. The Morgan fingerprint density at radius 1 is 1.06 bits per heavy atom. The first-order valence-corrected chi connectivity index (χ1v) is 10.7. The SMILES string of the molecule is CN1CCN(c2ccc(Nc3ncc(-c4ccc(C(N)=O)cc4F)n4ccnc34)cc2)CC1. The number of halogens is 1. The Morgan fingerprint density at radius 2 is 1.82 bits per heavy atom. The minimum Gasteiger partial charge on any atom is -0.369 e. The predicted octanol–water partition coefficient (Wildman–Crippen LogP) is 3.13. The number of carbonyl (C=O) groups excluding carboxylic acids is 1. The van der Waals surface area contributed by atoms with E-state index in [0.717, 1.165) is 37.9 Å². The molecule has 0 saturated carbocycles. The molecule has 1 amide bonds. The summed E-state index contributed by atoms with van der Waals surface area (Å²) in [7, 11) is 2.14. The number of amides is 1. The van der Waals surface area contributed by atoms with Crippen LogP contribution in [-0.2, 0) is 0 Å². The molecule has 33 heavy (non-hydrogen) atoms. The van der Waals surface area contributed by atoms with Gasteiger partial charge >= 0.3 is 0 Å². The number of aromatic nitrogens is 3. The number of fused-ring (bicyclic) bond motifs is 1. The van der Waals surface area contributed by atoms with E-state index in [4.69, 9.17) is 5.73 Å². The zero-order chi connectivity index (χ0) is 22.9. The largest absolute Gasteiger partial charge is 0.369 e. The van der Waals surface area contributed by atoms with Crippen LogP contribution in [0.4, 0.5) is 21.6 Å². The van der Waals surface area contributed by atoms with Crippen molar-refractivity contribution in [3.05, 3.63) is 72.4 Å². The molecule has 168 valence electrons.